The molecule has 3 aliphatic rings. The zero-order chi connectivity index (χ0) is 50.8. The molecule has 72 heavy (non-hydrogen) atoms. The Morgan fingerprint density at radius 2 is 1.61 bits per heavy atom. The van der Waals surface area contributed by atoms with Crippen molar-refractivity contribution in [1.82, 2.24) is 25.5 Å². The van der Waals surface area contributed by atoms with Crippen LogP contribution in [0, 0.1) is 5.92 Å². The third-order valence-electron chi connectivity index (χ3n) is 13.9. The molecule has 3 atom stereocenters. The van der Waals surface area contributed by atoms with Gasteiger partial charge in [-0.25, -0.2) is 19.4 Å². The largest absolute Gasteiger partial charge is 0.489 e. The molecule has 17 heteroatoms. The minimum Gasteiger partial charge on any atom is -0.489 e. The summed E-state index contributed by atoms with van der Waals surface area (Å²) in [5.41, 5.74) is 12.9. The van der Waals surface area contributed by atoms with Gasteiger partial charge in [0.15, 0.2) is 5.60 Å². The third kappa shape index (κ3) is 9.46. The number of hydrogen-bond acceptors (Lipinski definition) is 11. The lowest BCUT2D eigenvalue weighted by atomic mass is 9.86. The van der Waals surface area contributed by atoms with Crippen molar-refractivity contribution in [3.8, 4) is 28.3 Å². The van der Waals surface area contributed by atoms with E-state index in [1.54, 1.807) is 43.5 Å². The summed E-state index contributed by atoms with van der Waals surface area (Å²) in [5.74, 6) is -1.79. The van der Waals surface area contributed by atoms with Gasteiger partial charge in [0.2, 0.25) is 11.8 Å². The summed E-state index contributed by atoms with van der Waals surface area (Å²) >= 11 is 0. The van der Waals surface area contributed by atoms with E-state index in [0.29, 0.717) is 41.2 Å². The first-order valence-corrected chi connectivity index (χ1v) is 24.3. The van der Waals surface area contributed by atoms with Gasteiger partial charge in [0, 0.05) is 34.7 Å². The maximum atomic E-state index is 13.8. The van der Waals surface area contributed by atoms with E-state index in [1.807, 2.05) is 85.8 Å². The van der Waals surface area contributed by atoms with Gasteiger partial charge in [0.1, 0.15) is 37.7 Å². The SMILES string of the molecule is CCc1c2c(nc3ccc(OCc4ccc(NC(=O)[C@H](CCCNC(N)=O)NC(=O)[C@@H](NC(=O)OCC5c6ccccc6-c6ccccc65)C(C)C)cc4)cc13)-c1cc3c(c(=O)n1C2)COC(=O)[C@]3(O)CC. The average molecular weight is 976 g/mol. The predicted octanol–water partition coefficient (Wildman–Crippen LogP) is 6.66. The van der Waals surface area contributed by atoms with Crippen molar-refractivity contribution in [3.05, 3.63) is 146 Å². The van der Waals surface area contributed by atoms with Gasteiger partial charge in [-0.1, -0.05) is 88.4 Å². The number of nitrogens with one attached hydrogen (secondary N) is 4. The molecule has 0 fully saturated rings. The lowest BCUT2D eigenvalue weighted by Gasteiger charge is -2.31. The van der Waals surface area contributed by atoms with Crippen LogP contribution in [-0.4, -0.2) is 69.8 Å². The van der Waals surface area contributed by atoms with Gasteiger partial charge in [-0.3, -0.25) is 14.4 Å². The standard InChI is InChI=1S/C55H57N7O10/c1-5-34-39-24-33(21-22-44(39)59-48-40(34)26-62-46(48)25-43-42(51(62)65)29-71-52(66)55(43,69)6-2)70-27-31-17-19-32(20-18-31)58-49(63)45(16-11-23-57-53(56)67)60-50(64)47(30(3)4)61-54(68)72-28-41-37-14-9-7-12-35(37)36-13-8-10-15-38(36)41/h7-10,12-15,17-22,24-25,30,41,45,47,69H,5-6,11,16,23,26-29H2,1-4H3,(H,58,63)(H,60,64)(H,61,68)(H3,56,57,67)/t45-,47-,55-/m0/s1. The summed E-state index contributed by atoms with van der Waals surface area (Å²) in [6, 6.07) is 27.6. The second-order valence-corrected chi connectivity index (χ2v) is 18.7. The number of alkyl carbamates (subject to hydrolysis) is 1. The number of aliphatic hydroxyl groups is 1. The van der Waals surface area contributed by atoms with Gasteiger partial charge in [-0.15, -0.1) is 0 Å². The van der Waals surface area contributed by atoms with E-state index in [-0.39, 0.29) is 74.3 Å². The van der Waals surface area contributed by atoms with E-state index >= 15 is 0 Å². The molecule has 1 aliphatic carbocycles. The number of pyridine rings is 2. The molecule has 9 rings (SSSR count). The number of carbonyl (C=O) groups is 5. The van der Waals surface area contributed by atoms with Gasteiger partial charge in [0.05, 0.1) is 29.0 Å². The van der Waals surface area contributed by atoms with Crippen molar-refractivity contribution >= 4 is 46.5 Å². The summed E-state index contributed by atoms with van der Waals surface area (Å²) in [6.45, 7) is 7.79. The number of fused-ring (bicyclic) bond motifs is 8. The number of aryl methyl sites for hydroxylation is 1. The number of carbonyl (C=O) groups excluding carboxylic acids is 5. The number of amides is 5. The number of primary amides is 1. The summed E-state index contributed by atoms with van der Waals surface area (Å²) in [4.78, 5) is 83.7. The number of rotatable bonds is 17. The predicted molar refractivity (Wildman–Crippen MR) is 269 cm³/mol. The summed E-state index contributed by atoms with van der Waals surface area (Å²) in [5, 5.41) is 23.1. The average Bonchev–Trinajstić information content (AvgIpc) is 3.91. The number of cyclic esters (lactones) is 1. The van der Waals surface area contributed by atoms with Crippen molar-refractivity contribution in [3.63, 3.8) is 0 Å². The van der Waals surface area contributed by atoms with Crippen molar-refractivity contribution in [1.29, 1.82) is 0 Å². The van der Waals surface area contributed by atoms with Crippen LogP contribution in [0.5, 0.6) is 5.75 Å². The quantitative estimate of drug-likeness (QED) is 0.0417. The molecule has 5 amide bonds. The zero-order valence-corrected chi connectivity index (χ0v) is 40.5. The Hall–Kier alpha value is -8.05. The molecule has 0 unspecified atom stereocenters. The number of nitrogens with two attached hydrogens (primary N) is 1. The van der Waals surface area contributed by atoms with E-state index in [2.05, 4.69) is 21.3 Å². The van der Waals surface area contributed by atoms with Crippen molar-refractivity contribution in [2.75, 3.05) is 18.5 Å². The van der Waals surface area contributed by atoms with Gasteiger partial charge >= 0.3 is 18.1 Å². The Kier molecular flexibility index (Phi) is 13.8. The second kappa shape index (κ2) is 20.4. The first-order valence-electron chi connectivity index (χ1n) is 24.3. The number of ether oxygens (including phenoxy) is 3. The maximum absolute atomic E-state index is 13.8. The van der Waals surface area contributed by atoms with E-state index in [0.717, 1.165) is 44.3 Å². The monoisotopic (exact) mass is 975 g/mol. The second-order valence-electron chi connectivity index (χ2n) is 18.7. The molecule has 372 valence electrons. The lowest BCUT2D eigenvalue weighted by Crippen LogP contribution is -2.54. The molecule has 2 aliphatic heterocycles. The number of benzene rings is 4. The van der Waals surface area contributed by atoms with E-state index in [9.17, 15) is 33.9 Å². The van der Waals surface area contributed by atoms with Crippen LogP contribution in [0.25, 0.3) is 33.4 Å². The number of nitrogens with zero attached hydrogens (tertiary/aromatic N) is 2. The smallest absolute Gasteiger partial charge is 0.407 e. The van der Waals surface area contributed by atoms with Crippen LogP contribution in [0.1, 0.15) is 91.8 Å². The summed E-state index contributed by atoms with van der Waals surface area (Å²) in [6.07, 6.45) is 0.403. The van der Waals surface area contributed by atoms with Crippen LogP contribution in [0.4, 0.5) is 15.3 Å². The highest BCUT2D eigenvalue weighted by Crippen LogP contribution is 2.45. The van der Waals surface area contributed by atoms with Crippen molar-refractivity contribution in [2.24, 2.45) is 11.7 Å². The highest BCUT2D eigenvalue weighted by molar-refractivity contribution is 5.98. The fourth-order valence-corrected chi connectivity index (χ4v) is 10.1. The van der Waals surface area contributed by atoms with Crippen LogP contribution in [0.15, 0.2) is 102 Å². The topological polar surface area (TPSA) is 242 Å². The fourth-order valence-electron chi connectivity index (χ4n) is 10.1. The van der Waals surface area contributed by atoms with Crippen LogP contribution in [0.3, 0.4) is 0 Å². The highest BCUT2D eigenvalue weighted by Gasteiger charge is 2.45. The first-order chi connectivity index (χ1) is 34.7. The van der Waals surface area contributed by atoms with Crippen LogP contribution < -0.4 is 37.3 Å². The molecule has 17 nitrogen and oxygen atoms in total. The Labute approximate surface area is 415 Å². The van der Waals surface area contributed by atoms with Crippen LogP contribution in [0.2, 0.25) is 0 Å². The molecule has 0 saturated heterocycles. The summed E-state index contributed by atoms with van der Waals surface area (Å²) in [7, 11) is 0. The number of hydrogen-bond donors (Lipinski definition) is 6. The van der Waals surface area contributed by atoms with Crippen molar-refractivity contribution in [2.45, 2.75) is 96.7 Å². The van der Waals surface area contributed by atoms with Crippen molar-refractivity contribution < 1.29 is 43.3 Å². The Balaban J connectivity index is 0.839. The van der Waals surface area contributed by atoms with E-state index < -0.39 is 47.6 Å². The van der Waals surface area contributed by atoms with E-state index in [1.165, 1.54) is 0 Å². The van der Waals surface area contributed by atoms with Gasteiger partial charge in [-0.05, 0) is 101 Å². The Bertz CT molecular complexity index is 3140. The Morgan fingerprint density at radius 3 is 2.28 bits per heavy atom. The fraction of sp³-hybridized carbons (Fsp3) is 0.327. The first kappa shape index (κ1) is 49.0. The molecule has 0 spiro atoms. The van der Waals surface area contributed by atoms with Crippen LogP contribution >= 0.6 is 0 Å². The number of esters is 1. The molecular formula is C55H57N7O10. The zero-order valence-electron chi connectivity index (χ0n) is 40.5. The Morgan fingerprint density at radius 1 is 0.903 bits per heavy atom. The number of aromatic nitrogens is 2. The minimum atomic E-state index is -1.92. The molecule has 2 aromatic heterocycles. The molecule has 0 radical (unpaired) electrons. The molecule has 7 N–H and O–H groups in total. The molecule has 6 aromatic rings. The van der Waals surface area contributed by atoms with Gasteiger partial charge in [-0.2, -0.15) is 0 Å². The maximum Gasteiger partial charge on any atom is 0.407 e. The molecule has 4 aromatic carbocycles. The number of anilines is 1. The molecule has 4 heterocycles. The molecule has 0 bridgehead atoms. The molecule has 0 saturated carbocycles. The van der Waals surface area contributed by atoms with Gasteiger partial charge < -0.3 is 50.9 Å². The lowest BCUT2D eigenvalue weighted by molar-refractivity contribution is -0.172. The normalized spacial score (nSPS) is 16.1. The number of urea groups is 1. The molecular weight excluding hydrogens is 919 g/mol. The van der Waals surface area contributed by atoms with Crippen LogP contribution in [-0.2, 0) is 55.6 Å². The summed E-state index contributed by atoms with van der Waals surface area (Å²) < 4.78 is 18.8. The van der Waals surface area contributed by atoms with Gasteiger partial charge in [0.25, 0.3) is 5.56 Å². The van der Waals surface area contributed by atoms with E-state index in [4.69, 9.17) is 24.9 Å². The highest BCUT2D eigenvalue weighted by atomic mass is 16.6. The minimum absolute atomic E-state index is 0.0554. The third-order valence-corrected chi connectivity index (χ3v) is 13.9.